The summed E-state index contributed by atoms with van der Waals surface area (Å²) < 4.78 is 0. The van der Waals surface area contributed by atoms with Crippen molar-refractivity contribution >= 4 is 0 Å². The topological polar surface area (TPSA) is 46.2 Å². The van der Waals surface area contributed by atoms with Crippen LogP contribution < -0.4 is 5.73 Å². The van der Waals surface area contributed by atoms with Gasteiger partial charge in [-0.1, -0.05) is 26.7 Å². The first kappa shape index (κ1) is 10.0. The van der Waals surface area contributed by atoms with Crippen LogP contribution in [0.1, 0.15) is 52.4 Å². The summed E-state index contributed by atoms with van der Waals surface area (Å²) in [6.07, 6.45) is 6.17. The van der Waals surface area contributed by atoms with E-state index in [1.807, 2.05) is 0 Å². The maximum Gasteiger partial charge on any atom is 0.113 e. The van der Waals surface area contributed by atoms with Gasteiger partial charge < -0.3 is 10.8 Å². The third-order valence-electron chi connectivity index (χ3n) is 3.68. The first-order chi connectivity index (χ1) is 5.54. The Bertz CT molecular complexity index is 138. The molecule has 0 heterocycles. The monoisotopic (exact) mass is 171 g/mol. The average Bonchev–Trinajstić information content (AvgIpc) is 2.06. The van der Waals surface area contributed by atoms with Crippen molar-refractivity contribution in [3.05, 3.63) is 0 Å². The number of aliphatic hydroxyl groups is 1. The van der Waals surface area contributed by atoms with Crippen molar-refractivity contribution in [3.8, 4) is 0 Å². The predicted molar refractivity (Wildman–Crippen MR) is 50.6 cm³/mol. The van der Waals surface area contributed by atoms with Gasteiger partial charge in [-0.3, -0.25) is 0 Å². The molecule has 1 aliphatic rings. The Morgan fingerprint density at radius 1 is 1.08 bits per heavy atom. The molecular formula is C10H21NO. The molecule has 0 aromatic rings. The largest absolute Gasteiger partial charge is 0.376 e. The Morgan fingerprint density at radius 2 is 1.50 bits per heavy atom. The second kappa shape index (κ2) is 3.35. The summed E-state index contributed by atoms with van der Waals surface area (Å²) in [5, 5.41) is 9.58. The van der Waals surface area contributed by atoms with Gasteiger partial charge in [0.1, 0.15) is 5.72 Å². The molecule has 1 rings (SSSR count). The van der Waals surface area contributed by atoms with E-state index in [2.05, 4.69) is 13.8 Å². The molecular weight excluding hydrogens is 150 g/mol. The smallest absolute Gasteiger partial charge is 0.113 e. The minimum absolute atomic E-state index is 0.478. The Morgan fingerprint density at radius 3 is 1.83 bits per heavy atom. The van der Waals surface area contributed by atoms with Crippen LogP contribution in [0.15, 0.2) is 0 Å². The molecule has 1 aliphatic carbocycles. The molecule has 1 fully saturated rings. The molecule has 0 amide bonds. The lowest BCUT2D eigenvalue weighted by atomic mass is 9.68. The minimum Gasteiger partial charge on any atom is -0.376 e. The van der Waals surface area contributed by atoms with Crippen LogP contribution >= 0.6 is 0 Å². The molecule has 1 saturated carbocycles. The number of nitrogens with two attached hydrogens (primary N) is 1. The normalized spacial score (nSPS) is 27.0. The van der Waals surface area contributed by atoms with Crippen LogP contribution in [-0.4, -0.2) is 10.8 Å². The highest BCUT2D eigenvalue weighted by molar-refractivity contribution is 4.88. The molecule has 0 saturated heterocycles. The van der Waals surface area contributed by atoms with Crippen molar-refractivity contribution in [3.63, 3.8) is 0 Å². The lowest BCUT2D eigenvalue weighted by molar-refractivity contribution is -0.0315. The lowest BCUT2D eigenvalue weighted by Crippen LogP contribution is -2.45. The van der Waals surface area contributed by atoms with E-state index in [9.17, 15) is 5.11 Å². The van der Waals surface area contributed by atoms with E-state index in [0.717, 1.165) is 25.7 Å². The van der Waals surface area contributed by atoms with E-state index in [1.54, 1.807) is 0 Å². The first-order valence-electron chi connectivity index (χ1n) is 5.05. The first-order valence-corrected chi connectivity index (χ1v) is 5.05. The van der Waals surface area contributed by atoms with Crippen LogP contribution in [0.3, 0.4) is 0 Å². The minimum atomic E-state index is -0.867. The summed E-state index contributed by atoms with van der Waals surface area (Å²) in [6, 6.07) is 0. The predicted octanol–water partition coefficient (Wildman–Crippen LogP) is 2.01. The van der Waals surface area contributed by atoms with Crippen LogP contribution in [0.4, 0.5) is 0 Å². The van der Waals surface area contributed by atoms with Gasteiger partial charge in [0.25, 0.3) is 0 Å². The highest BCUT2D eigenvalue weighted by Gasteiger charge is 2.37. The SMILES string of the molecule is CCC1(CC)CCC(N)(O)CC1. The van der Waals surface area contributed by atoms with E-state index >= 15 is 0 Å². The zero-order chi connectivity index (χ0) is 9.24. The summed E-state index contributed by atoms with van der Waals surface area (Å²) in [6.45, 7) is 4.48. The van der Waals surface area contributed by atoms with Gasteiger partial charge in [-0.15, -0.1) is 0 Å². The van der Waals surface area contributed by atoms with E-state index in [4.69, 9.17) is 5.73 Å². The summed E-state index contributed by atoms with van der Waals surface area (Å²) in [7, 11) is 0. The van der Waals surface area contributed by atoms with E-state index < -0.39 is 5.72 Å². The van der Waals surface area contributed by atoms with Crippen LogP contribution in [0.5, 0.6) is 0 Å². The zero-order valence-corrected chi connectivity index (χ0v) is 8.27. The average molecular weight is 171 g/mol. The van der Waals surface area contributed by atoms with Gasteiger partial charge in [-0.25, -0.2) is 0 Å². The van der Waals surface area contributed by atoms with Gasteiger partial charge in [0.05, 0.1) is 0 Å². The fourth-order valence-electron chi connectivity index (χ4n) is 2.17. The van der Waals surface area contributed by atoms with Gasteiger partial charge in [0, 0.05) is 0 Å². The van der Waals surface area contributed by atoms with Gasteiger partial charge >= 0.3 is 0 Å². The molecule has 0 spiro atoms. The van der Waals surface area contributed by atoms with Crippen molar-refractivity contribution in [1.82, 2.24) is 0 Å². The van der Waals surface area contributed by atoms with Gasteiger partial charge in [-0.05, 0) is 31.1 Å². The van der Waals surface area contributed by atoms with Crippen molar-refractivity contribution in [2.45, 2.75) is 58.1 Å². The quantitative estimate of drug-likeness (QED) is 0.624. The van der Waals surface area contributed by atoms with Crippen molar-refractivity contribution in [2.75, 3.05) is 0 Å². The number of hydrogen-bond acceptors (Lipinski definition) is 2. The molecule has 72 valence electrons. The summed E-state index contributed by atoms with van der Waals surface area (Å²) in [5.41, 5.74) is 5.27. The zero-order valence-electron chi connectivity index (χ0n) is 8.27. The molecule has 0 aliphatic heterocycles. The maximum absolute atomic E-state index is 9.58. The maximum atomic E-state index is 9.58. The molecule has 0 radical (unpaired) electrons. The highest BCUT2D eigenvalue weighted by atomic mass is 16.3. The summed E-state index contributed by atoms with van der Waals surface area (Å²) in [5.74, 6) is 0. The third-order valence-corrected chi connectivity index (χ3v) is 3.68. The Balaban J connectivity index is 2.53. The highest BCUT2D eigenvalue weighted by Crippen LogP contribution is 2.43. The summed E-state index contributed by atoms with van der Waals surface area (Å²) >= 11 is 0. The van der Waals surface area contributed by atoms with Gasteiger partial charge in [0.15, 0.2) is 0 Å². The molecule has 0 unspecified atom stereocenters. The Hall–Kier alpha value is -0.0800. The molecule has 0 aromatic heterocycles. The van der Waals surface area contributed by atoms with Crippen LogP contribution in [0, 0.1) is 5.41 Å². The second-order valence-corrected chi connectivity index (χ2v) is 4.31. The van der Waals surface area contributed by atoms with E-state index in [-0.39, 0.29) is 0 Å². The second-order valence-electron chi connectivity index (χ2n) is 4.31. The Labute approximate surface area is 75.2 Å². The van der Waals surface area contributed by atoms with Crippen LogP contribution in [0.2, 0.25) is 0 Å². The molecule has 0 bridgehead atoms. The Kier molecular flexibility index (Phi) is 2.79. The fourth-order valence-corrected chi connectivity index (χ4v) is 2.17. The fraction of sp³-hybridized carbons (Fsp3) is 1.00. The molecule has 0 aromatic carbocycles. The van der Waals surface area contributed by atoms with E-state index in [0.29, 0.717) is 5.41 Å². The number of rotatable bonds is 2. The van der Waals surface area contributed by atoms with Crippen LogP contribution in [-0.2, 0) is 0 Å². The standard InChI is InChI=1S/C10H21NO/c1-3-9(4-2)5-7-10(11,12)8-6-9/h12H,3-8,11H2,1-2H3. The molecule has 2 heteroatoms. The van der Waals surface area contributed by atoms with Crippen molar-refractivity contribution < 1.29 is 5.11 Å². The lowest BCUT2D eigenvalue weighted by Gasteiger charge is -2.41. The van der Waals surface area contributed by atoms with Gasteiger partial charge in [-0.2, -0.15) is 0 Å². The summed E-state index contributed by atoms with van der Waals surface area (Å²) in [4.78, 5) is 0. The molecule has 12 heavy (non-hydrogen) atoms. The van der Waals surface area contributed by atoms with Crippen molar-refractivity contribution in [2.24, 2.45) is 11.1 Å². The third kappa shape index (κ3) is 1.99. The molecule has 3 N–H and O–H groups in total. The molecule has 0 atom stereocenters. The van der Waals surface area contributed by atoms with Crippen molar-refractivity contribution in [1.29, 1.82) is 0 Å². The molecule has 2 nitrogen and oxygen atoms in total. The van der Waals surface area contributed by atoms with Crippen LogP contribution in [0.25, 0.3) is 0 Å². The number of hydrogen-bond donors (Lipinski definition) is 2. The van der Waals surface area contributed by atoms with E-state index in [1.165, 1.54) is 12.8 Å². The van der Waals surface area contributed by atoms with Gasteiger partial charge in [0.2, 0.25) is 0 Å².